The number of hydrogen-bond acceptors (Lipinski definition) is 3. The number of rotatable bonds is 10. The summed E-state index contributed by atoms with van der Waals surface area (Å²) in [7, 11) is 0. The van der Waals surface area contributed by atoms with Crippen LogP contribution in [0.5, 0.6) is 0 Å². The van der Waals surface area contributed by atoms with Gasteiger partial charge in [-0.2, -0.15) is 0 Å². The highest BCUT2D eigenvalue weighted by molar-refractivity contribution is 6.00. The lowest BCUT2D eigenvalue weighted by Crippen LogP contribution is -2.30. The smallest absolute Gasteiger partial charge is 0.163 e. The molecule has 3 rings (SSSR count). The molecule has 3 heteroatoms. The number of benzene rings is 2. The van der Waals surface area contributed by atoms with Crippen molar-refractivity contribution in [1.29, 1.82) is 0 Å². The second-order valence-corrected chi connectivity index (χ2v) is 10.9. The Morgan fingerprint density at radius 3 is 2.00 bits per heavy atom. The molecular formula is C35H52O3. The standard InChI is InChI=1S/C24H34O3.C8H10.C3H8/c1-6-8-19(20(7-2)22(26)11-17(5)25)12-18-13-21-15(3)9-10-16(4)24(21)23(27)14-18;1-2-8-6-4-3-5-7-8;1-3-2/h9-10,18-20H,6-8,11-14H2,1-5H3;3-7H,2H2,1H3;3H2,1-2H3. The van der Waals surface area contributed by atoms with Gasteiger partial charge in [0.1, 0.15) is 11.6 Å². The number of ketones is 3. The van der Waals surface area contributed by atoms with E-state index in [1.807, 2.05) is 26.0 Å². The van der Waals surface area contributed by atoms with Gasteiger partial charge < -0.3 is 0 Å². The van der Waals surface area contributed by atoms with Crippen molar-refractivity contribution in [2.75, 3.05) is 0 Å². The van der Waals surface area contributed by atoms with Gasteiger partial charge in [-0.1, -0.05) is 96.3 Å². The van der Waals surface area contributed by atoms with Crippen molar-refractivity contribution in [3.05, 3.63) is 70.3 Å². The van der Waals surface area contributed by atoms with Gasteiger partial charge in [0.2, 0.25) is 0 Å². The van der Waals surface area contributed by atoms with Crippen LogP contribution in [0.3, 0.4) is 0 Å². The molecule has 2 aromatic rings. The van der Waals surface area contributed by atoms with Crippen LogP contribution in [0, 0.1) is 31.6 Å². The molecule has 0 amide bonds. The quantitative estimate of drug-likeness (QED) is 0.294. The zero-order chi connectivity index (χ0) is 28.7. The number of Topliss-reactive ketones (excluding diaryl/α,β-unsaturated/α-hetero) is 3. The van der Waals surface area contributed by atoms with Crippen LogP contribution < -0.4 is 0 Å². The Labute approximate surface area is 232 Å². The minimum Gasteiger partial charge on any atom is -0.300 e. The Morgan fingerprint density at radius 1 is 0.895 bits per heavy atom. The van der Waals surface area contributed by atoms with Crippen molar-refractivity contribution < 1.29 is 14.4 Å². The van der Waals surface area contributed by atoms with Gasteiger partial charge in [0.05, 0.1) is 6.42 Å². The van der Waals surface area contributed by atoms with Crippen molar-refractivity contribution in [2.24, 2.45) is 17.8 Å². The van der Waals surface area contributed by atoms with E-state index < -0.39 is 0 Å². The Kier molecular flexibility index (Phi) is 15.7. The third kappa shape index (κ3) is 10.7. The minimum atomic E-state index is -0.0658. The molecular weight excluding hydrogens is 468 g/mol. The molecule has 1 aliphatic carbocycles. The monoisotopic (exact) mass is 520 g/mol. The summed E-state index contributed by atoms with van der Waals surface area (Å²) in [6.45, 7) is 16.2. The third-order valence-corrected chi connectivity index (χ3v) is 7.39. The molecule has 0 saturated heterocycles. The number of hydrogen-bond donors (Lipinski definition) is 0. The van der Waals surface area contributed by atoms with E-state index in [0.29, 0.717) is 12.3 Å². The molecule has 0 aliphatic heterocycles. The molecule has 210 valence electrons. The summed E-state index contributed by atoms with van der Waals surface area (Å²) in [6.07, 6.45) is 7.60. The van der Waals surface area contributed by atoms with E-state index in [9.17, 15) is 14.4 Å². The summed E-state index contributed by atoms with van der Waals surface area (Å²) in [4.78, 5) is 36.9. The topological polar surface area (TPSA) is 51.2 Å². The molecule has 2 aromatic carbocycles. The van der Waals surface area contributed by atoms with Crippen LogP contribution in [0.25, 0.3) is 0 Å². The van der Waals surface area contributed by atoms with Gasteiger partial charge in [-0.25, -0.2) is 0 Å². The first-order valence-electron chi connectivity index (χ1n) is 14.8. The lowest BCUT2D eigenvalue weighted by atomic mass is 9.71. The van der Waals surface area contributed by atoms with Crippen LogP contribution in [0.4, 0.5) is 0 Å². The first-order chi connectivity index (χ1) is 18.1. The summed E-state index contributed by atoms with van der Waals surface area (Å²) in [5.41, 5.74) is 5.81. The SMILES string of the molecule is CCC.CCCC(CC1CC(=O)c2c(C)ccc(C)c2C1)C(CC)C(=O)CC(C)=O.CCc1ccccc1. The first kappa shape index (κ1) is 33.5. The Bertz CT molecular complexity index is 1010. The summed E-state index contributed by atoms with van der Waals surface area (Å²) in [5, 5.41) is 0. The van der Waals surface area contributed by atoms with Gasteiger partial charge in [-0.3, -0.25) is 14.4 Å². The van der Waals surface area contributed by atoms with E-state index in [1.165, 1.54) is 30.0 Å². The summed E-state index contributed by atoms with van der Waals surface area (Å²) in [5.74, 6) is 0.766. The number of carbonyl (C=O) groups is 3. The third-order valence-electron chi connectivity index (χ3n) is 7.39. The second-order valence-electron chi connectivity index (χ2n) is 10.9. The summed E-state index contributed by atoms with van der Waals surface area (Å²) < 4.78 is 0. The van der Waals surface area contributed by atoms with Crippen molar-refractivity contribution in [2.45, 2.75) is 113 Å². The first-order valence-corrected chi connectivity index (χ1v) is 14.8. The normalized spacial score (nSPS) is 15.7. The molecule has 0 spiro atoms. The highest BCUT2D eigenvalue weighted by Gasteiger charge is 2.33. The highest BCUT2D eigenvalue weighted by Crippen LogP contribution is 2.37. The van der Waals surface area contributed by atoms with Crippen LogP contribution in [0.15, 0.2) is 42.5 Å². The molecule has 0 radical (unpaired) electrons. The second kappa shape index (κ2) is 17.9. The largest absolute Gasteiger partial charge is 0.300 e. The van der Waals surface area contributed by atoms with Crippen molar-refractivity contribution in [3.8, 4) is 0 Å². The van der Waals surface area contributed by atoms with E-state index in [0.717, 1.165) is 49.7 Å². The predicted octanol–water partition coefficient (Wildman–Crippen LogP) is 9.09. The predicted molar refractivity (Wildman–Crippen MR) is 161 cm³/mol. The zero-order valence-electron chi connectivity index (χ0n) is 25.4. The van der Waals surface area contributed by atoms with Gasteiger partial charge in [-0.15, -0.1) is 0 Å². The fourth-order valence-electron chi connectivity index (χ4n) is 5.61. The van der Waals surface area contributed by atoms with Crippen LogP contribution >= 0.6 is 0 Å². The Hall–Kier alpha value is -2.55. The van der Waals surface area contributed by atoms with Gasteiger partial charge in [-0.05, 0) is 80.5 Å². The lowest BCUT2D eigenvalue weighted by molar-refractivity contribution is -0.129. The van der Waals surface area contributed by atoms with E-state index in [-0.39, 0.29) is 35.6 Å². The van der Waals surface area contributed by atoms with E-state index >= 15 is 0 Å². The fraction of sp³-hybridized carbons (Fsp3) is 0.571. The molecule has 0 heterocycles. The van der Waals surface area contributed by atoms with Gasteiger partial charge in [0, 0.05) is 17.9 Å². The van der Waals surface area contributed by atoms with E-state index in [1.54, 1.807) is 0 Å². The molecule has 0 N–H and O–H groups in total. The van der Waals surface area contributed by atoms with E-state index in [2.05, 4.69) is 65.0 Å². The van der Waals surface area contributed by atoms with Crippen LogP contribution in [0.2, 0.25) is 0 Å². The van der Waals surface area contributed by atoms with Gasteiger partial charge in [0.15, 0.2) is 5.78 Å². The zero-order valence-corrected chi connectivity index (χ0v) is 25.4. The molecule has 3 atom stereocenters. The maximum atomic E-state index is 12.8. The molecule has 1 aliphatic rings. The van der Waals surface area contributed by atoms with E-state index in [4.69, 9.17) is 0 Å². The Morgan fingerprint density at radius 2 is 1.50 bits per heavy atom. The number of aryl methyl sites for hydroxylation is 3. The summed E-state index contributed by atoms with van der Waals surface area (Å²) in [6, 6.07) is 14.6. The van der Waals surface area contributed by atoms with Crippen LogP contribution in [-0.4, -0.2) is 17.3 Å². The minimum absolute atomic E-state index is 0.0451. The van der Waals surface area contributed by atoms with Crippen molar-refractivity contribution in [1.82, 2.24) is 0 Å². The van der Waals surface area contributed by atoms with Gasteiger partial charge >= 0.3 is 0 Å². The molecule has 0 bridgehead atoms. The molecule has 38 heavy (non-hydrogen) atoms. The van der Waals surface area contributed by atoms with Crippen LogP contribution in [0.1, 0.15) is 119 Å². The number of fused-ring (bicyclic) bond motifs is 1. The maximum absolute atomic E-state index is 12.8. The molecule has 3 unspecified atom stereocenters. The average Bonchev–Trinajstić information content (AvgIpc) is 2.87. The molecule has 3 nitrogen and oxygen atoms in total. The van der Waals surface area contributed by atoms with Crippen molar-refractivity contribution >= 4 is 17.3 Å². The maximum Gasteiger partial charge on any atom is 0.163 e. The summed E-state index contributed by atoms with van der Waals surface area (Å²) >= 11 is 0. The molecule has 0 fully saturated rings. The fourth-order valence-corrected chi connectivity index (χ4v) is 5.61. The Balaban J connectivity index is 0.000000545. The average molecular weight is 521 g/mol. The lowest BCUT2D eigenvalue weighted by Gasteiger charge is -2.32. The van der Waals surface area contributed by atoms with Crippen LogP contribution in [-0.2, 0) is 22.4 Å². The molecule has 0 aromatic heterocycles. The molecule has 0 saturated carbocycles. The van der Waals surface area contributed by atoms with Crippen molar-refractivity contribution in [3.63, 3.8) is 0 Å². The highest BCUT2D eigenvalue weighted by atomic mass is 16.1. The number of carbonyl (C=O) groups excluding carboxylic acids is 3. The van der Waals surface area contributed by atoms with Gasteiger partial charge in [0.25, 0.3) is 0 Å².